The first-order chi connectivity index (χ1) is 23.2. The first kappa shape index (κ1) is 27.5. The van der Waals surface area contributed by atoms with E-state index in [1.54, 1.807) is 0 Å². The minimum atomic E-state index is 0.688. The van der Waals surface area contributed by atoms with Crippen LogP contribution in [0.25, 0.3) is 87.9 Å². The lowest BCUT2D eigenvalue weighted by molar-refractivity contribution is 1.42. The Labute approximate surface area is 277 Å². The maximum atomic E-state index is 6.89. The first-order valence-corrected chi connectivity index (χ1v) is 16.1. The third-order valence-corrected chi connectivity index (χ3v) is 9.37. The van der Waals surface area contributed by atoms with Crippen molar-refractivity contribution >= 4 is 55.0 Å². The number of rotatable bonds is 4. The quantitative estimate of drug-likeness (QED) is 0.183. The Bertz CT molecular complexity index is 2480. The molecule has 2 nitrogen and oxygen atoms in total. The number of pyridine rings is 2. The highest BCUT2D eigenvalue weighted by molar-refractivity contribution is 6.31. The summed E-state index contributed by atoms with van der Waals surface area (Å²) in [4.78, 5) is 9.91. The number of benzene rings is 7. The summed E-state index contributed by atoms with van der Waals surface area (Å²) in [6.07, 6.45) is 3.98. The van der Waals surface area contributed by atoms with Gasteiger partial charge in [0.05, 0.1) is 11.0 Å². The second-order valence-electron chi connectivity index (χ2n) is 12.0. The van der Waals surface area contributed by atoms with Gasteiger partial charge in [-0.25, -0.2) is 0 Å². The predicted molar refractivity (Wildman–Crippen MR) is 199 cm³/mol. The molecule has 0 aliphatic heterocycles. The molecule has 9 aromatic rings. The number of nitrogens with zero attached hydrogens (tertiary/aromatic N) is 2. The Kier molecular flexibility index (Phi) is 6.55. The minimum absolute atomic E-state index is 0.688. The van der Waals surface area contributed by atoms with Gasteiger partial charge in [-0.1, -0.05) is 133 Å². The summed E-state index contributed by atoms with van der Waals surface area (Å²) in [7, 11) is 0. The van der Waals surface area contributed by atoms with E-state index in [9.17, 15) is 0 Å². The summed E-state index contributed by atoms with van der Waals surface area (Å²) >= 11 is 6.89. The van der Waals surface area contributed by atoms with Crippen LogP contribution in [0.3, 0.4) is 0 Å². The molecule has 2 heterocycles. The maximum Gasteiger partial charge on any atom is 0.0780 e. The van der Waals surface area contributed by atoms with Crippen LogP contribution >= 0.6 is 11.6 Å². The van der Waals surface area contributed by atoms with Crippen LogP contribution in [-0.4, -0.2) is 9.97 Å². The zero-order valence-corrected chi connectivity index (χ0v) is 26.1. The fraction of sp³-hybridized carbons (Fsp3) is 0. The lowest BCUT2D eigenvalue weighted by Gasteiger charge is -2.15. The second kappa shape index (κ2) is 11.2. The van der Waals surface area contributed by atoms with E-state index < -0.39 is 0 Å². The molecular formula is C44H27ClN2. The molecule has 0 aliphatic carbocycles. The van der Waals surface area contributed by atoms with E-state index in [0.29, 0.717) is 5.02 Å². The van der Waals surface area contributed by atoms with Gasteiger partial charge in [-0.05, 0) is 74.5 Å². The van der Waals surface area contributed by atoms with Crippen LogP contribution in [0.2, 0.25) is 5.02 Å². The molecule has 7 aromatic carbocycles. The lowest BCUT2D eigenvalue weighted by Crippen LogP contribution is -1.91. The van der Waals surface area contributed by atoms with Gasteiger partial charge in [-0.15, -0.1) is 0 Å². The second-order valence-corrected chi connectivity index (χ2v) is 12.4. The molecule has 0 saturated heterocycles. The van der Waals surface area contributed by atoms with Crippen molar-refractivity contribution < 1.29 is 0 Å². The van der Waals surface area contributed by atoms with Crippen LogP contribution < -0.4 is 0 Å². The Balaban J connectivity index is 1.15. The van der Waals surface area contributed by atoms with Gasteiger partial charge in [0.1, 0.15) is 0 Å². The van der Waals surface area contributed by atoms with Crippen molar-refractivity contribution in [2.24, 2.45) is 0 Å². The molecule has 3 heteroatoms. The molecule has 0 aliphatic rings. The van der Waals surface area contributed by atoms with Crippen molar-refractivity contribution in [1.82, 2.24) is 9.97 Å². The molecule has 2 aromatic heterocycles. The number of hydrogen-bond donors (Lipinski definition) is 0. The van der Waals surface area contributed by atoms with Gasteiger partial charge < -0.3 is 0 Å². The zero-order valence-electron chi connectivity index (χ0n) is 25.4. The van der Waals surface area contributed by atoms with E-state index in [1.807, 2.05) is 12.4 Å². The van der Waals surface area contributed by atoms with E-state index in [-0.39, 0.29) is 0 Å². The molecule has 0 fully saturated rings. The van der Waals surface area contributed by atoms with E-state index in [4.69, 9.17) is 21.6 Å². The van der Waals surface area contributed by atoms with Gasteiger partial charge in [-0.2, -0.15) is 0 Å². The third kappa shape index (κ3) is 4.82. The average Bonchev–Trinajstić information content (AvgIpc) is 3.14. The average molecular weight is 619 g/mol. The molecule has 220 valence electrons. The van der Waals surface area contributed by atoms with Crippen LogP contribution in [-0.2, 0) is 0 Å². The third-order valence-electron chi connectivity index (χ3n) is 9.15. The van der Waals surface area contributed by atoms with Crippen molar-refractivity contribution in [1.29, 1.82) is 0 Å². The highest BCUT2D eigenvalue weighted by Gasteiger charge is 2.15. The smallest absolute Gasteiger partial charge is 0.0780 e. The molecule has 0 N–H and O–H groups in total. The lowest BCUT2D eigenvalue weighted by atomic mass is 9.90. The van der Waals surface area contributed by atoms with E-state index in [0.717, 1.165) is 77.1 Å². The molecule has 47 heavy (non-hydrogen) atoms. The molecule has 9 rings (SSSR count). The molecule has 0 unspecified atom stereocenters. The number of fused-ring (bicyclic) bond motifs is 6. The summed E-state index contributed by atoms with van der Waals surface area (Å²) in [5.41, 5.74) is 10.7. The first-order valence-electron chi connectivity index (χ1n) is 15.7. The van der Waals surface area contributed by atoms with Crippen molar-refractivity contribution in [3.63, 3.8) is 0 Å². The van der Waals surface area contributed by atoms with Gasteiger partial charge in [0.2, 0.25) is 0 Å². The monoisotopic (exact) mass is 618 g/mol. The van der Waals surface area contributed by atoms with Crippen LogP contribution in [0.1, 0.15) is 0 Å². The summed E-state index contributed by atoms with van der Waals surface area (Å²) in [6.45, 7) is 0. The summed E-state index contributed by atoms with van der Waals surface area (Å²) in [6, 6.07) is 53.3. The Hall–Kier alpha value is -5.83. The predicted octanol–water partition coefficient (Wildman–Crippen LogP) is 12.4. The van der Waals surface area contributed by atoms with E-state index in [2.05, 4.69) is 152 Å². The standard InChI is InChI=1S/C44H27ClN2/c45-36-24-32(37-11-5-7-13-39(37)34-21-30-19-17-28-9-1-3-15-41(28)43(30)46-26-34)23-33(25-36)38-12-6-8-14-40(38)35-22-31-20-18-29-10-2-4-16-42(29)44(31)47-27-35/h1-27H. The number of halogens is 1. The molecule has 0 atom stereocenters. The Morgan fingerprint density at radius 1 is 0.340 bits per heavy atom. The van der Waals surface area contributed by atoms with Crippen molar-refractivity contribution in [3.8, 4) is 44.5 Å². The zero-order chi connectivity index (χ0) is 31.3. The largest absolute Gasteiger partial charge is 0.255 e. The summed E-state index contributed by atoms with van der Waals surface area (Å²) < 4.78 is 0. The Morgan fingerprint density at radius 3 is 1.19 bits per heavy atom. The minimum Gasteiger partial charge on any atom is -0.255 e. The fourth-order valence-electron chi connectivity index (χ4n) is 6.91. The van der Waals surface area contributed by atoms with E-state index >= 15 is 0 Å². The molecule has 0 saturated carbocycles. The molecule has 0 amide bonds. The van der Waals surface area contributed by atoms with Crippen LogP contribution in [0.15, 0.2) is 164 Å². The Morgan fingerprint density at radius 2 is 0.723 bits per heavy atom. The number of aromatic nitrogens is 2. The van der Waals surface area contributed by atoms with Crippen molar-refractivity contribution in [3.05, 3.63) is 169 Å². The summed E-state index contributed by atoms with van der Waals surface area (Å²) in [5, 5.41) is 7.65. The summed E-state index contributed by atoms with van der Waals surface area (Å²) in [5.74, 6) is 0. The molecule has 0 radical (unpaired) electrons. The van der Waals surface area contributed by atoms with Crippen molar-refractivity contribution in [2.75, 3.05) is 0 Å². The SMILES string of the molecule is Clc1cc(-c2ccccc2-c2cnc3c(ccc4ccccc43)c2)cc(-c2ccccc2-c2cnc3c(ccc4ccccc43)c2)c1. The van der Waals surface area contributed by atoms with E-state index in [1.165, 1.54) is 10.8 Å². The van der Waals surface area contributed by atoms with Gasteiger partial charge in [0.15, 0.2) is 0 Å². The highest BCUT2D eigenvalue weighted by atomic mass is 35.5. The van der Waals surface area contributed by atoms with Crippen LogP contribution in [0.4, 0.5) is 0 Å². The van der Waals surface area contributed by atoms with Gasteiger partial charge in [0.25, 0.3) is 0 Å². The molecule has 0 bridgehead atoms. The van der Waals surface area contributed by atoms with Crippen LogP contribution in [0, 0.1) is 0 Å². The normalized spacial score (nSPS) is 11.5. The molecular weight excluding hydrogens is 592 g/mol. The van der Waals surface area contributed by atoms with Crippen molar-refractivity contribution in [2.45, 2.75) is 0 Å². The van der Waals surface area contributed by atoms with Gasteiger partial charge >= 0.3 is 0 Å². The van der Waals surface area contributed by atoms with Gasteiger partial charge in [-0.3, -0.25) is 9.97 Å². The number of hydrogen-bond acceptors (Lipinski definition) is 2. The fourth-order valence-corrected chi connectivity index (χ4v) is 7.15. The van der Waals surface area contributed by atoms with Gasteiger partial charge in [0, 0.05) is 50.1 Å². The topological polar surface area (TPSA) is 25.8 Å². The van der Waals surface area contributed by atoms with Crippen LogP contribution in [0.5, 0.6) is 0 Å². The highest BCUT2D eigenvalue weighted by Crippen LogP contribution is 2.40. The maximum absolute atomic E-state index is 6.89. The molecule has 0 spiro atoms.